The maximum atomic E-state index is 12.8. The standard InChI is InChI=1S/C32H34N6O3P.C6H13NO5.Tc/c1-34-32(41)28(37-31(40)24-17-20-29(38-33)36-22-24)14-8-9-21-35-30(39)23-15-18-27(19-16-23)42(25-10-4-2-5-11-25)26-12-6-3-7-13-26;8-2-6(3-9,4-10)7-1-5(11)12;/h2-7,10-13,15-20,22,28,33H,8-9,14,21H2,1H3,(H,34,41)(H,35,39)(H2,36,37,38,40);7-10H,1-4H2,(H,11,12);/q-1;;/p+1. The summed E-state index contributed by atoms with van der Waals surface area (Å²) in [7, 11) is 0.323. The van der Waals surface area contributed by atoms with Gasteiger partial charge < -0.3 is 47.6 Å². The van der Waals surface area contributed by atoms with E-state index >= 15 is 0 Å². The van der Waals surface area contributed by atoms with Gasteiger partial charge in [0.2, 0.25) is 5.91 Å². The van der Waals surface area contributed by atoms with E-state index in [-0.39, 0.29) is 31.9 Å². The summed E-state index contributed by atoms with van der Waals surface area (Å²) >= 11 is 0. The zero-order valence-electron chi connectivity index (χ0n) is 30.3. The van der Waals surface area contributed by atoms with Crippen molar-refractivity contribution in [3.63, 3.8) is 0 Å². The van der Waals surface area contributed by atoms with Crippen molar-refractivity contribution >= 4 is 53.3 Å². The molecule has 55 heavy (non-hydrogen) atoms. The molecule has 0 spiro atoms. The number of carboxylic acid groups (broad SMARTS) is 1. The number of anilines is 1. The van der Waals surface area contributed by atoms with E-state index in [0.717, 1.165) is 0 Å². The summed E-state index contributed by atoms with van der Waals surface area (Å²) < 4.78 is 0. The summed E-state index contributed by atoms with van der Waals surface area (Å²) in [6, 6.07) is 31.1. The molecule has 0 saturated carbocycles. The molecule has 295 valence electrons. The summed E-state index contributed by atoms with van der Waals surface area (Å²) in [4.78, 5) is 51.8. The number of unbranched alkanes of at least 4 members (excludes halogenated alkanes) is 1. The second-order valence-electron chi connectivity index (χ2n) is 12.1. The molecule has 4 rings (SSSR count). The molecule has 1 atom stereocenters. The predicted octanol–water partition coefficient (Wildman–Crippen LogP) is 0.770. The number of carboxylic acids is 1. The number of aromatic nitrogens is 1. The largest absolute Gasteiger partial charge is 0.585 e. The average Bonchev–Trinajstić information content (AvgIpc) is 3.22. The third kappa shape index (κ3) is 14.9. The monoisotopic (exact) mass is 858 g/mol. The average molecular weight is 860 g/mol. The van der Waals surface area contributed by atoms with Crippen LogP contribution >= 0.6 is 7.92 Å². The van der Waals surface area contributed by atoms with Gasteiger partial charge in [-0.1, -0.05) is 36.4 Å². The fourth-order valence-corrected chi connectivity index (χ4v) is 7.69. The van der Waals surface area contributed by atoms with E-state index in [4.69, 9.17) is 26.3 Å². The Morgan fingerprint density at radius 1 is 0.764 bits per heavy atom. The number of carbonyl (C=O) groups excluding carboxylic acids is 3. The molecule has 15 nitrogen and oxygen atoms in total. The van der Waals surface area contributed by atoms with Gasteiger partial charge in [-0.3, -0.25) is 24.5 Å². The molecule has 1 heterocycles. The van der Waals surface area contributed by atoms with Crippen LogP contribution in [-0.4, -0.2) is 101 Å². The smallest absolute Gasteiger partial charge is 0.317 e. The number of hydrogen-bond acceptors (Lipinski definition) is 10. The SMILES string of the molecule is CNC(=O)C(CCCCNC(=O)c1ccc([PH+](c2ccccc2)c2ccccc2)cc1)NC(=O)c1ccc(N[NH-])nc1.O=C(O)CNC(CO)(CO)CO.[Tc]. The molecule has 3 aromatic carbocycles. The van der Waals surface area contributed by atoms with Crippen LogP contribution in [0.3, 0.4) is 0 Å². The second-order valence-corrected chi connectivity index (χ2v) is 14.6. The molecule has 0 fully saturated rings. The number of aliphatic hydroxyl groups is 3. The number of pyridine rings is 1. The molecule has 0 aliphatic carbocycles. The van der Waals surface area contributed by atoms with Crippen molar-refractivity contribution < 1.29 is 59.7 Å². The van der Waals surface area contributed by atoms with Crippen molar-refractivity contribution in [3.05, 3.63) is 120 Å². The molecular weight excluding hydrogens is 811 g/mol. The Bertz CT molecular complexity index is 1710. The van der Waals surface area contributed by atoms with Gasteiger partial charge >= 0.3 is 5.97 Å². The Balaban J connectivity index is 0.000000694. The van der Waals surface area contributed by atoms with Gasteiger partial charge in [-0.25, -0.2) is 4.98 Å². The first-order chi connectivity index (χ1) is 26.1. The quantitative estimate of drug-likeness (QED) is 0.0362. The van der Waals surface area contributed by atoms with Crippen LogP contribution < -0.4 is 42.6 Å². The van der Waals surface area contributed by atoms with E-state index in [1.54, 1.807) is 0 Å². The maximum absolute atomic E-state index is 12.8. The van der Waals surface area contributed by atoms with E-state index < -0.39 is 57.7 Å². The van der Waals surface area contributed by atoms with Gasteiger partial charge in [0, 0.05) is 45.5 Å². The number of nitrogens with one attached hydrogen (secondary N) is 6. The third-order valence-corrected chi connectivity index (χ3v) is 11.0. The number of aliphatic carboxylic acids is 1. The molecule has 1 radical (unpaired) electrons. The molecule has 0 aliphatic heterocycles. The molecule has 0 saturated heterocycles. The number of rotatable bonds is 19. The first kappa shape index (κ1) is 46.5. The summed E-state index contributed by atoms with van der Waals surface area (Å²) in [6.45, 7) is -1.53. The van der Waals surface area contributed by atoms with Gasteiger partial charge in [-0.15, -0.1) is 0 Å². The van der Waals surface area contributed by atoms with Crippen molar-refractivity contribution in [2.45, 2.75) is 30.8 Å². The number of hydrogen-bond donors (Lipinski definition) is 9. The number of aliphatic hydroxyl groups excluding tert-OH is 3. The topological polar surface area (TPSA) is 246 Å². The molecular formula is C38H48N7O8PTc. The molecule has 3 amide bonds. The third-order valence-electron chi connectivity index (χ3n) is 8.31. The normalized spacial score (nSPS) is 11.2. The van der Waals surface area contributed by atoms with Gasteiger partial charge in [0.15, 0.2) is 0 Å². The molecule has 17 heteroatoms. The van der Waals surface area contributed by atoms with Crippen molar-refractivity contribution in [2.24, 2.45) is 0 Å². The van der Waals surface area contributed by atoms with Gasteiger partial charge in [-0.05, 0) is 79.9 Å². The van der Waals surface area contributed by atoms with E-state index in [1.807, 2.05) is 36.4 Å². The van der Waals surface area contributed by atoms with Gasteiger partial charge in [0.25, 0.3) is 11.8 Å². The van der Waals surface area contributed by atoms with Gasteiger partial charge in [0.05, 0.1) is 45.4 Å². The van der Waals surface area contributed by atoms with E-state index in [2.05, 4.69) is 80.2 Å². The Morgan fingerprint density at radius 2 is 1.31 bits per heavy atom. The maximum Gasteiger partial charge on any atom is 0.317 e. The fraction of sp³-hybridized carbons (Fsp3) is 0.289. The van der Waals surface area contributed by atoms with Crippen LogP contribution in [0.1, 0.15) is 40.0 Å². The fourth-order valence-electron chi connectivity index (χ4n) is 5.14. The molecule has 1 unspecified atom stereocenters. The van der Waals surface area contributed by atoms with Gasteiger partial charge in [-0.2, -0.15) is 0 Å². The van der Waals surface area contributed by atoms with Crippen LogP contribution in [0, 0.1) is 0 Å². The van der Waals surface area contributed by atoms with Crippen LogP contribution in [0.5, 0.6) is 0 Å². The zero-order chi connectivity index (χ0) is 39.3. The van der Waals surface area contributed by atoms with E-state index in [1.165, 1.54) is 41.3 Å². The van der Waals surface area contributed by atoms with Gasteiger partial charge in [0.1, 0.15) is 27.8 Å². The molecule has 10 N–H and O–H groups in total. The van der Waals surface area contributed by atoms with Crippen molar-refractivity contribution in [3.8, 4) is 0 Å². The Morgan fingerprint density at radius 3 is 1.78 bits per heavy atom. The minimum absolute atomic E-state index is 0. The van der Waals surface area contributed by atoms with Crippen LogP contribution in [0.2, 0.25) is 0 Å². The predicted molar refractivity (Wildman–Crippen MR) is 210 cm³/mol. The molecule has 1 aromatic heterocycles. The summed E-state index contributed by atoms with van der Waals surface area (Å²) in [5.74, 6) is 5.43. The van der Waals surface area contributed by atoms with Crippen LogP contribution in [0.25, 0.3) is 5.84 Å². The minimum Gasteiger partial charge on any atom is -0.585 e. The number of carbonyl (C=O) groups is 4. The van der Waals surface area contributed by atoms with E-state index in [9.17, 15) is 19.2 Å². The summed E-state index contributed by atoms with van der Waals surface area (Å²) in [5, 5.41) is 48.8. The number of likely N-dealkylation sites (N-methyl/N-ethyl adjacent to an activating group) is 1. The molecule has 0 aliphatic rings. The Kier molecular flexibility index (Phi) is 20.9. The number of amides is 3. The Hall–Kier alpha value is -4.63. The summed E-state index contributed by atoms with van der Waals surface area (Å²) in [6.07, 6.45) is 3.03. The van der Waals surface area contributed by atoms with Crippen LogP contribution in [-0.2, 0) is 29.7 Å². The summed E-state index contributed by atoms with van der Waals surface area (Å²) in [5.41, 5.74) is 1.73. The second kappa shape index (κ2) is 24.7. The zero-order valence-corrected chi connectivity index (χ0v) is 33.2. The first-order valence-electron chi connectivity index (χ1n) is 17.2. The van der Waals surface area contributed by atoms with Crippen LogP contribution in [0.4, 0.5) is 5.82 Å². The number of benzene rings is 3. The van der Waals surface area contributed by atoms with Crippen molar-refractivity contribution in [1.29, 1.82) is 0 Å². The van der Waals surface area contributed by atoms with Crippen LogP contribution in [0.15, 0.2) is 103 Å². The molecule has 4 aromatic rings. The minimum atomic E-state index is -1.31. The number of nitrogens with zero attached hydrogens (tertiary/aromatic N) is 1. The van der Waals surface area contributed by atoms with Crippen molar-refractivity contribution in [2.75, 3.05) is 45.4 Å². The Labute approximate surface area is 334 Å². The van der Waals surface area contributed by atoms with E-state index in [0.29, 0.717) is 42.8 Å². The molecule has 0 bridgehead atoms. The van der Waals surface area contributed by atoms with Crippen molar-refractivity contribution in [1.82, 2.24) is 26.3 Å². The first-order valence-corrected chi connectivity index (χ1v) is 18.7.